The van der Waals surface area contributed by atoms with Crippen molar-refractivity contribution in [2.45, 2.75) is 0 Å². The molecule has 0 atom stereocenters. The zero-order valence-electron chi connectivity index (χ0n) is 11.9. The number of nitrogens with one attached hydrogen (secondary N) is 2. The molecule has 116 valence electrons. The Kier molecular flexibility index (Phi) is 3.80. The zero-order valence-corrected chi connectivity index (χ0v) is 14.3. The van der Waals surface area contributed by atoms with Crippen LogP contribution in [0.25, 0.3) is 9.40 Å². The number of carbonyl (C=O) groups excluding carboxylic acids is 1. The molecule has 2 aromatic heterocycles. The average Bonchev–Trinajstić information content (AvgIpc) is 3.27. The first-order valence-electron chi connectivity index (χ1n) is 7.08. The third-order valence-electron chi connectivity index (χ3n) is 3.54. The maximum atomic E-state index is 12.4. The van der Waals surface area contributed by atoms with Crippen molar-refractivity contribution in [3.05, 3.63) is 51.2 Å². The normalized spacial score (nSPS) is 13.9. The summed E-state index contributed by atoms with van der Waals surface area (Å²) in [7, 11) is 0. The van der Waals surface area contributed by atoms with Gasteiger partial charge in [0.25, 0.3) is 5.91 Å². The molecule has 3 heterocycles. The standard InChI is InChI=1S/C16H12ClN3OS2/c17-12-13-11(5-8-22-13)23-14(12)16(21)20-10-3-1-9(2-4-10)15-18-6-7-19-15/h1-5,8H,6-7H2,(H,18,19)(H,20,21). The minimum absolute atomic E-state index is 0.174. The number of nitrogens with zero attached hydrogens (tertiary/aromatic N) is 1. The van der Waals surface area contributed by atoms with E-state index in [-0.39, 0.29) is 5.91 Å². The second-order valence-electron chi connectivity index (χ2n) is 5.05. The Morgan fingerprint density at radius 3 is 2.78 bits per heavy atom. The number of amides is 1. The molecule has 4 rings (SSSR count). The van der Waals surface area contributed by atoms with Crippen LogP contribution in [-0.2, 0) is 0 Å². The van der Waals surface area contributed by atoms with Crippen LogP contribution < -0.4 is 10.6 Å². The van der Waals surface area contributed by atoms with Crippen LogP contribution in [0.4, 0.5) is 5.69 Å². The van der Waals surface area contributed by atoms with Crippen molar-refractivity contribution in [3.63, 3.8) is 0 Å². The number of halogens is 1. The molecule has 0 aliphatic carbocycles. The van der Waals surface area contributed by atoms with E-state index in [0.29, 0.717) is 9.90 Å². The van der Waals surface area contributed by atoms with Gasteiger partial charge in [-0.3, -0.25) is 9.79 Å². The van der Waals surface area contributed by atoms with Crippen LogP contribution in [0.15, 0.2) is 40.7 Å². The molecule has 7 heteroatoms. The lowest BCUT2D eigenvalue weighted by Crippen LogP contribution is -2.19. The Morgan fingerprint density at radius 1 is 1.26 bits per heavy atom. The summed E-state index contributed by atoms with van der Waals surface area (Å²) in [5, 5.41) is 8.65. The summed E-state index contributed by atoms with van der Waals surface area (Å²) < 4.78 is 2.02. The summed E-state index contributed by atoms with van der Waals surface area (Å²) in [6.45, 7) is 1.68. The van der Waals surface area contributed by atoms with Gasteiger partial charge in [-0.25, -0.2) is 0 Å². The van der Waals surface area contributed by atoms with Crippen LogP contribution in [0.3, 0.4) is 0 Å². The number of hydrogen-bond acceptors (Lipinski definition) is 5. The number of amidine groups is 1. The van der Waals surface area contributed by atoms with Gasteiger partial charge in [0.1, 0.15) is 10.7 Å². The molecule has 0 bridgehead atoms. The maximum absolute atomic E-state index is 12.4. The van der Waals surface area contributed by atoms with Crippen molar-refractivity contribution < 1.29 is 4.79 Å². The van der Waals surface area contributed by atoms with E-state index in [1.54, 1.807) is 11.3 Å². The average molecular weight is 362 g/mol. The number of hydrogen-bond donors (Lipinski definition) is 2. The lowest BCUT2D eigenvalue weighted by Gasteiger charge is -2.06. The molecule has 0 saturated heterocycles. The number of anilines is 1. The Bertz CT molecular complexity index is 911. The van der Waals surface area contributed by atoms with Gasteiger partial charge in [-0.05, 0) is 35.7 Å². The van der Waals surface area contributed by atoms with Crippen LogP contribution in [-0.4, -0.2) is 24.8 Å². The van der Waals surface area contributed by atoms with E-state index in [4.69, 9.17) is 11.6 Å². The van der Waals surface area contributed by atoms with Crippen LogP contribution in [0.2, 0.25) is 5.02 Å². The van der Waals surface area contributed by atoms with E-state index in [9.17, 15) is 4.79 Å². The molecule has 0 radical (unpaired) electrons. The van der Waals surface area contributed by atoms with Crippen LogP contribution in [0, 0.1) is 0 Å². The fourth-order valence-corrected chi connectivity index (χ4v) is 4.96. The summed E-state index contributed by atoms with van der Waals surface area (Å²) in [6, 6.07) is 9.62. The summed E-state index contributed by atoms with van der Waals surface area (Å²) >= 11 is 9.28. The van der Waals surface area contributed by atoms with Gasteiger partial charge in [0, 0.05) is 22.5 Å². The molecule has 1 aliphatic heterocycles. The highest BCUT2D eigenvalue weighted by Gasteiger charge is 2.18. The number of thiophene rings is 2. The minimum Gasteiger partial charge on any atom is -0.368 e. The van der Waals surface area contributed by atoms with Gasteiger partial charge in [0.05, 0.1) is 16.3 Å². The Labute approximate surface area is 145 Å². The van der Waals surface area contributed by atoms with Gasteiger partial charge in [0.2, 0.25) is 0 Å². The molecular formula is C16H12ClN3OS2. The topological polar surface area (TPSA) is 53.5 Å². The molecule has 0 unspecified atom stereocenters. The van der Waals surface area contributed by atoms with Crippen molar-refractivity contribution >= 4 is 61.1 Å². The quantitative estimate of drug-likeness (QED) is 0.733. The van der Waals surface area contributed by atoms with Crippen LogP contribution in [0.5, 0.6) is 0 Å². The lowest BCUT2D eigenvalue weighted by molar-refractivity contribution is 0.103. The highest BCUT2D eigenvalue weighted by atomic mass is 35.5. The third-order valence-corrected chi connectivity index (χ3v) is 6.35. The monoisotopic (exact) mass is 361 g/mol. The van der Waals surface area contributed by atoms with E-state index in [0.717, 1.165) is 39.6 Å². The van der Waals surface area contributed by atoms with E-state index in [1.165, 1.54) is 11.3 Å². The van der Waals surface area contributed by atoms with Gasteiger partial charge in [0.15, 0.2) is 0 Å². The molecule has 0 fully saturated rings. The molecular weight excluding hydrogens is 350 g/mol. The van der Waals surface area contributed by atoms with E-state index in [2.05, 4.69) is 15.6 Å². The Balaban J connectivity index is 1.54. The number of fused-ring (bicyclic) bond motifs is 1. The third kappa shape index (κ3) is 2.73. The van der Waals surface area contributed by atoms with Crippen molar-refractivity contribution in [1.82, 2.24) is 5.32 Å². The van der Waals surface area contributed by atoms with Gasteiger partial charge in [-0.15, -0.1) is 22.7 Å². The molecule has 4 nitrogen and oxygen atoms in total. The van der Waals surface area contributed by atoms with Gasteiger partial charge < -0.3 is 10.6 Å². The predicted octanol–water partition coefficient (Wildman–Crippen LogP) is 4.22. The first-order valence-corrected chi connectivity index (χ1v) is 9.15. The fraction of sp³-hybridized carbons (Fsp3) is 0.125. The predicted molar refractivity (Wildman–Crippen MR) is 98.5 cm³/mol. The SMILES string of the molecule is O=C(Nc1ccc(C2=NCCN2)cc1)c1sc2ccsc2c1Cl. The van der Waals surface area contributed by atoms with Crippen molar-refractivity contribution in [1.29, 1.82) is 0 Å². The van der Waals surface area contributed by atoms with E-state index < -0.39 is 0 Å². The summed E-state index contributed by atoms with van der Waals surface area (Å²) in [6.07, 6.45) is 0. The minimum atomic E-state index is -0.174. The first kappa shape index (κ1) is 14.7. The molecule has 2 N–H and O–H groups in total. The smallest absolute Gasteiger partial charge is 0.267 e. The lowest BCUT2D eigenvalue weighted by atomic mass is 10.2. The number of carbonyl (C=O) groups is 1. The van der Waals surface area contributed by atoms with Gasteiger partial charge >= 0.3 is 0 Å². The molecule has 1 aromatic carbocycles. The molecule has 0 saturated carbocycles. The number of benzene rings is 1. The van der Waals surface area contributed by atoms with Crippen molar-refractivity contribution in [2.24, 2.45) is 4.99 Å². The molecule has 23 heavy (non-hydrogen) atoms. The Hall–Kier alpha value is -1.89. The highest BCUT2D eigenvalue weighted by Crippen LogP contribution is 2.39. The second kappa shape index (κ2) is 5.96. The molecule has 0 spiro atoms. The molecule has 1 amide bonds. The summed E-state index contributed by atoms with van der Waals surface area (Å²) in [4.78, 5) is 17.4. The van der Waals surface area contributed by atoms with E-state index in [1.807, 2.05) is 35.7 Å². The maximum Gasteiger partial charge on any atom is 0.267 e. The van der Waals surface area contributed by atoms with Crippen molar-refractivity contribution in [3.8, 4) is 0 Å². The van der Waals surface area contributed by atoms with Crippen molar-refractivity contribution in [2.75, 3.05) is 18.4 Å². The second-order valence-corrected chi connectivity index (χ2v) is 7.39. The highest BCUT2D eigenvalue weighted by molar-refractivity contribution is 7.29. The molecule has 1 aliphatic rings. The number of rotatable bonds is 3. The van der Waals surface area contributed by atoms with E-state index >= 15 is 0 Å². The van der Waals surface area contributed by atoms with Gasteiger partial charge in [-0.1, -0.05) is 11.6 Å². The number of aliphatic imine (C=N–C) groups is 1. The zero-order chi connectivity index (χ0) is 15.8. The van der Waals surface area contributed by atoms with Crippen LogP contribution in [0.1, 0.15) is 15.2 Å². The first-order chi connectivity index (χ1) is 11.2. The summed E-state index contributed by atoms with van der Waals surface area (Å²) in [5.41, 5.74) is 1.76. The fourth-order valence-electron chi connectivity index (χ4n) is 2.43. The Morgan fingerprint density at radius 2 is 2.09 bits per heavy atom. The summed E-state index contributed by atoms with van der Waals surface area (Å²) in [5.74, 6) is 0.733. The van der Waals surface area contributed by atoms with Crippen LogP contribution >= 0.6 is 34.3 Å². The van der Waals surface area contributed by atoms with Gasteiger partial charge in [-0.2, -0.15) is 0 Å². The largest absolute Gasteiger partial charge is 0.368 e. The molecule has 3 aromatic rings.